The van der Waals surface area contributed by atoms with Crippen LogP contribution in [0.5, 0.6) is 5.75 Å². The summed E-state index contributed by atoms with van der Waals surface area (Å²) in [5.41, 5.74) is 4.92. The molecule has 4 nitrogen and oxygen atoms in total. The lowest BCUT2D eigenvalue weighted by Gasteiger charge is -2.03. The molecule has 0 bridgehead atoms. The number of amides is 1. The molecule has 27 heavy (non-hydrogen) atoms. The van der Waals surface area contributed by atoms with E-state index in [2.05, 4.69) is 28.7 Å². The van der Waals surface area contributed by atoms with Crippen LogP contribution >= 0.6 is 0 Å². The smallest absolute Gasteiger partial charge is 0.256 e. The molecule has 1 aliphatic heterocycles. The van der Waals surface area contributed by atoms with Crippen LogP contribution in [0.15, 0.2) is 42.6 Å². The van der Waals surface area contributed by atoms with Crippen LogP contribution in [-0.2, 0) is 4.79 Å². The predicted octanol–water partition coefficient (Wildman–Crippen LogP) is 5.25. The molecule has 0 saturated carbocycles. The van der Waals surface area contributed by atoms with E-state index >= 15 is 0 Å². The first-order chi connectivity index (χ1) is 13.1. The van der Waals surface area contributed by atoms with Crippen LogP contribution in [0.25, 0.3) is 11.6 Å². The lowest BCUT2D eigenvalue weighted by atomic mass is 9.99. The molecule has 2 aromatic rings. The van der Waals surface area contributed by atoms with Gasteiger partial charge in [-0.3, -0.25) is 4.79 Å². The number of allylic oxidation sites excluding steroid dienone is 1. The van der Waals surface area contributed by atoms with Crippen molar-refractivity contribution in [3.05, 3.63) is 59.4 Å². The van der Waals surface area contributed by atoms with Gasteiger partial charge in [0.1, 0.15) is 5.75 Å². The molecule has 0 atom stereocenters. The van der Waals surface area contributed by atoms with E-state index in [1.54, 1.807) is 19.4 Å². The van der Waals surface area contributed by atoms with Crippen molar-refractivity contribution in [2.24, 2.45) is 0 Å². The molecule has 4 heteroatoms. The average molecular weight is 362 g/mol. The van der Waals surface area contributed by atoms with Crippen LogP contribution in [0.4, 0.5) is 5.69 Å². The first kappa shape index (κ1) is 20.1. The van der Waals surface area contributed by atoms with Crippen LogP contribution in [0, 0.1) is 11.8 Å². The summed E-state index contributed by atoms with van der Waals surface area (Å²) in [6, 6.07) is 7.55. The highest BCUT2D eigenvalue weighted by Gasteiger charge is 2.26. The number of aromatic nitrogens is 1. The van der Waals surface area contributed by atoms with Gasteiger partial charge < -0.3 is 15.0 Å². The fourth-order valence-corrected chi connectivity index (χ4v) is 2.73. The minimum absolute atomic E-state index is 0.136. The number of benzene rings is 1. The third-order valence-corrected chi connectivity index (χ3v) is 3.97. The molecule has 0 aliphatic carbocycles. The SMILES string of the molecule is C=C(C)CCC#Cc1cccc2c1/C(=C/c1[nH]ccc1OC)C(=O)N2.CC. The number of H-pyrrole nitrogens is 1. The van der Waals surface area contributed by atoms with Crippen LogP contribution < -0.4 is 10.1 Å². The number of nitrogens with one attached hydrogen (secondary N) is 2. The van der Waals surface area contributed by atoms with E-state index in [1.807, 2.05) is 45.0 Å². The van der Waals surface area contributed by atoms with Crippen molar-refractivity contribution in [3.63, 3.8) is 0 Å². The fourth-order valence-electron chi connectivity index (χ4n) is 2.73. The number of carbonyl (C=O) groups excluding carboxylic acids is 1. The highest BCUT2D eigenvalue weighted by atomic mass is 16.5. The van der Waals surface area contributed by atoms with E-state index in [9.17, 15) is 4.79 Å². The van der Waals surface area contributed by atoms with Gasteiger partial charge in [0, 0.05) is 23.7 Å². The minimum atomic E-state index is -0.136. The molecule has 1 amide bonds. The van der Waals surface area contributed by atoms with Gasteiger partial charge in [0.25, 0.3) is 5.91 Å². The highest BCUT2D eigenvalue weighted by Crippen LogP contribution is 2.36. The zero-order valence-electron chi connectivity index (χ0n) is 16.4. The second kappa shape index (κ2) is 9.49. The Hall–Kier alpha value is -3.19. The summed E-state index contributed by atoms with van der Waals surface area (Å²) in [7, 11) is 1.60. The third kappa shape index (κ3) is 4.71. The second-order valence-corrected chi connectivity index (χ2v) is 5.96. The molecule has 1 aliphatic rings. The Bertz CT molecular complexity index is 923. The van der Waals surface area contributed by atoms with Crippen molar-refractivity contribution in [2.75, 3.05) is 12.4 Å². The van der Waals surface area contributed by atoms with Crippen molar-refractivity contribution >= 4 is 23.2 Å². The van der Waals surface area contributed by atoms with E-state index in [0.29, 0.717) is 11.3 Å². The number of anilines is 1. The van der Waals surface area contributed by atoms with Gasteiger partial charge in [0.05, 0.1) is 24.1 Å². The molecule has 1 aromatic heterocycles. The summed E-state index contributed by atoms with van der Waals surface area (Å²) in [4.78, 5) is 15.5. The lowest BCUT2D eigenvalue weighted by molar-refractivity contribution is -0.110. The number of hydrogen-bond donors (Lipinski definition) is 2. The van der Waals surface area contributed by atoms with Crippen molar-refractivity contribution in [2.45, 2.75) is 33.6 Å². The van der Waals surface area contributed by atoms with Gasteiger partial charge in [-0.15, -0.1) is 6.58 Å². The molecule has 0 radical (unpaired) electrons. The number of rotatable bonds is 4. The van der Waals surface area contributed by atoms with E-state index in [4.69, 9.17) is 4.74 Å². The number of carbonyl (C=O) groups is 1. The van der Waals surface area contributed by atoms with Crippen LogP contribution in [0.2, 0.25) is 0 Å². The number of methoxy groups -OCH3 is 1. The molecule has 0 fully saturated rings. The minimum Gasteiger partial charge on any atom is -0.495 e. The standard InChI is InChI=1S/C21H20N2O2.C2H6/c1-14(2)7-4-5-8-15-9-6-10-17-20(15)16(21(24)23-17)13-18-19(25-3)11-12-22-18;1-2/h6,9-13,22H,1,4,7H2,2-3H3,(H,23,24);1-2H3/b16-13-;. The van der Waals surface area contributed by atoms with Gasteiger partial charge in [0.2, 0.25) is 0 Å². The van der Waals surface area contributed by atoms with Gasteiger partial charge in [-0.25, -0.2) is 0 Å². The number of fused-ring (bicyclic) bond motifs is 1. The third-order valence-electron chi connectivity index (χ3n) is 3.97. The van der Waals surface area contributed by atoms with Gasteiger partial charge in [-0.1, -0.05) is 37.3 Å². The van der Waals surface area contributed by atoms with Gasteiger partial charge >= 0.3 is 0 Å². The summed E-state index contributed by atoms with van der Waals surface area (Å²) in [5.74, 6) is 6.92. The average Bonchev–Trinajstić information content (AvgIpc) is 3.25. The Morgan fingerprint density at radius 2 is 2.07 bits per heavy atom. The number of hydrogen-bond acceptors (Lipinski definition) is 2. The summed E-state index contributed by atoms with van der Waals surface area (Å²) in [6.07, 6.45) is 5.22. The molecule has 2 N–H and O–H groups in total. The zero-order chi connectivity index (χ0) is 19.8. The van der Waals surface area contributed by atoms with Crippen molar-refractivity contribution in [1.82, 2.24) is 4.98 Å². The van der Waals surface area contributed by atoms with Crippen LogP contribution in [0.3, 0.4) is 0 Å². The maximum Gasteiger partial charge on any atom is 0.256 e. The van der Waals surface area contributed by atoms with Gasteiger partial charge in [-0.2, -0.15) is 0 Å². The highest BCUT2D eigenvalue weighted by molar-refractivity contribution is 6.35. The summed E-state index contributed by atoms with van der Waals surface area (Å²) in [6.45, 7) is 9.89. The first-order valence-corrected chi connectivity index (χ1v) is 9.11. The Morgan fingerprint density at radius 1 is 1.30 bits per heavy atom. The Morgan fingerprint density at radius 3 is 2.78 bits per heavy atom. The monoisotopic (exact) mass is 362 g/mol. The molecule has 0 unspecified atom stereocenters. The van der Waals surface area contributed by atoms with Crippen molar-refractivity contribution in [3.8, 4) is 17.6 Å². The Balaban J connectivity index is 0.00000126. The predicted molar refractivity (Wildman–Crippen MR) is 113 cm³/mol. The quantitative estimate of drug-likeness (QED) is 0.443. The van der Waals surface area contributed by atoms with Crippen molar-refractivity contribution < 1.29 is 9.53 Å². The molecular weight excluding hydrogens is 336 g/mol. The largest absolute Gasteiger partial charge is 0.495 e. The summed E-state index contributed by atoms with van der Waals surface area (Å²) in [5, 5.41) is 2.90. The number of aromatic amines is 1. The maximum absolute atomic E-state index is 12.4. The normalized spacial score (nSPS) is 13.0. The van der Waals surface area contributed by atoms with E-state index in [0.717, 1.165) is 40.9 Å². The molecule has 2 heterocycles. The van der Waals surface area contributed by atoms with E-state index in [-0.39, 0.29) is 5.91 Å². The molecule has 0 saturated heterocycles. The maximum atomic E-state index is 12.4. The van der Waals surface area contributed by atoms with Crippen molar-refractivity contribution in [1.29, 1.82) is 0 Å². The second-order valence-electron chi connectivity index (χ2n) is 5.96. The zero-order valence-corrected chi connectivity index (χ0v) is 16.4. The molecule has 3 rings (SSSR count). The van der Waals surface area contributed by atoms with Gasteiger partial charge in [-0.05, 0) is 37.6 Å². The summed E-state index contributed by atoms with van der Waals surface area (Å²) < 4.78 is 5.31. The first-order valence-electron chi connectivity index (χ1n) is 9.11. The summed E-state index contributed by atoms with van der Waals surface area (Å²) >= 11 is 0. The van der Waals surface area contributed by atoms with E-state index < -0.39 is 0 Å². The van der Waals surface area contributed by atoms with Gasteiger partial charge in [0.15, 0.2) is 0 Å². The molecule has 140 valence electrons. The lowest BCUT2D eigenvalue weighted by Crippen LogP contribution is -2.03. The van der Waals surface area contributed by atoms with Crippen LogP contribution in [0.1, 0.15) is 50.4 Å². The Kier molecular flexibility index (Phi) is 7.08. The number of ether oxygens (including phenoxy) is 1. The topological polar surface area (TPSA) is 54.1 Å². The molecular formula is C23H26N2O2. The molecule has 0 spiro atoms. The Labute approximate surface area is 161 Å². The molecule has 1 aromatic carbocycles. The fraction of sp³-hybridized carbons (Fsp3) is 0.261. The van der Waals surface area contributed by atoms with Crippen LogP contribution in [-0.4, -0.2) is 18.0 Å². The van der Waals surface area contributed by atoms with E-state index in [1.165, 1.54) is 0 Å².